The molecule has 11 aromatic carbocycles. The summed E-state index contributed by atoms with van der Waals surface area (Å²) >= 11 is 0. The van der Waals surface area contributed by atoms with Crippen molar-refractivity contribution < 1.29 is 11.0 Å². The summed E-state index contributed by atoms with van der Waals surface area (Å²) in [7, 11) is 0. The van der Waals surface area contributed by atoms with E-state index < -0.39 is 24.2 Å². The number of hydrogen-bond donors (Lipinski definition) is 0. The fraction of sp³-hybridized carbons (Fsp3) is 0. The highest BCUT2D eigenvalue weighted by Gasteiger charge is 2.44. The molecule has 0 spiro atoms. The first-order valence-electron chi connectivity index (χ1n) is 27.5. The van der Waals surface area contributed by atoms with Crippen LogP contribution in [0.25, 0.3) is 72.0 Å². The van der Waals surface area contributed by atoms with Gasteiger partial charge in [0.15, 0.2) is 0 Å². The van der Waals surface area contributed by atoms with Crippen LogP contribution in [0.4, 0.5) is 34.1 Å². The lowest BCUT2D eigenvalue weighted by Gasteiger charge is -2.45. The van der Waals surface area contributed by atoms with E-state index in [1.54, 1.807) is 4.57 Å². The lowest BCUT2D eigenvalue weighted by Crippen LogP contribution is -2.61. The molecule has 3 nitrogen and oxygen atoms in total. The molecule has 326 valence electrons. The van der Waals surface area contributed by atoms with Gasteiger partial charge in [-0.05, 0) is 128 Å². The Labute approximate surface area is 419 Å². The maximum Gasteiger partial charge on any atom is 0.252 e. The summed E-state index contributed by atoms with van der Waals surface area (Å²) in [4.78, 5) is 4.72. The van der Waals surface area contributed by atoms with Gasteiger partial charge in [-0.2, -0.15) is 0 Å². The van der Waals surface area contributed by atoms with Crippen molar-refractivity contribution in [3.05, 3.63) is 267 Å². The first-order chi connectivity index (χ1) is 38.0. The van der Waals surface area contributed by atoms with Crippen molar-refractivity contribution in [2.45, 2.75) is 0 Å². The molecule has 0 fully saturated rings. The third kappa shape index (κ3) is 6.45. The number of benzene rings is 11. The molecule has 0 amide bonds. The highest BCUT2D eigenvalue weighted by molar-refractivity contribution is 7.00. The molecule has 2 aliphatic heterocycles. The highest BCUT2D eigenvalue weighted by atomic mass is 15.2. The second kappa shape index (κ2) is 16.3. The molecule has 1 aromatic heterocycles. The fourth-order valence-electron chi connectivity index (χ4n) is 10.9. The number of nitrogens with zero attached hydrogens (tertiary/aromatic N) is 3. The zero-order valence-corrected chi connectivity index (χ0v) is 37.7. The summed E-state index contributed by atoms with van der Waals surface area (Å²) in [5.41, 5.74) is 17.8. The molecule has 14 rings (SSSR count). The van der Waals surface area contributed by atoms with Gasteiger partial charge in [0.05, 0.1) is 22.0 Å². The monoisotopic (exact) mass is 897 g/mol. The van der Waals surface area contributed by atoms with E-state index in [1.165, 1.54) is 0 Å². The van der Waals surface area contributed by atoms with Gasteiger partial charge in [-0.3, -0.25) is 0 Å². The first kappa shape index (κ1) is 32.6. The van der Waals surface area contributed by atoms with Gasteiger partial charge in [-0.15, -0.1) is 0 Å². The van der Waals surface area contributed by atoms with Crippen molar-refractivity contribution >= 4 is 79.0 Å². The summed E-state index contributed by atoms with van der Waals surface area (Å²) in [5.74, 6) is 0. The maximum atomic E-state index is 9.43. The molecule has 0 radical (unpaired) electrons. The summed E-state index contributed by atoms with van der Waals surface area (Å²) in [5, 5.41) is 0.0602. The topological polar surface area (TPSA) is 11.4 Å². The molecule has 0 saturated carbocycles. The van der Waals surface area contributed by atoms with Gasteiger partial charge >= 0.3 is 0 Å². The quantitative estimate of drug-likeness (QED) is 0.148. The van der Waals surface area contributed by atoms with Crippen molar-refractivity contribution in [1.29, 1.82) is 0 Å². The summed E-state index contributed by atoms with van der Waals surface area (Å²) in [6, 6.07) is 72.9. The Morgan fingerprint density at radius 3 is 1.20 bits per heavy atom. The molecular formula is C66H44BN3. The van der Waals surface area contributed by atoms with E-state index in [4.69, 9.17) is 5.48 Å². The Hall–Kier alpha value is -9.12. The Kier molecular flexibility index (Phi) is 7.58. The van der Waals surface area contributed by atoms with Crippen molar-refractivity contribution in [3.8, 4) is 50.2 Å². The molecule has 0 aliphatic carbocycles. The number of aromatic nitrogens is 1. The second-order valence-electron chi connectivity index (χ2n) is 17.9. The van der Waals surface area contributed by atoms with Crippen LogP contribution >= 0.6 is 0 Å². The Balaban J connectivity index is 1.12. The molecule has 0 bridgehead atoms. The molecule has 12 aromatic rings. The zero-order chi connectivity index (χ0) is 53.1. The van der Waals surface area contributed by atoms with E-state index >= 15 is 0 Å². The Bertz CT molecular complexity index is 4360. The normalized spacial score (nSPS) is 14.1. The summed E-state index contributed by atoms with van der Waals surface area (Å²) < 4.78 is 74.2. The van der Waals surface area contributed by atoms with Gasteiger partial charge in [-0.25, -0.2) is 0 Å². The van der Waals surface area contributed by atoms with Crippen LogP contribution in [0.5, 0.6) is 0 Å². The van der Waals surface area contributed by atoms with Crippen molar-refractivity contribution in [1.82, 2.24) is 4.57 Å². The predicted molar refractivity (Wildman–Crippen MR) is 297 cm³/mol. The Morgan fingerprint density at radius 1 is 0.300 bits per heavy atom. The predicted octanol–water partition coefficient (Wildman–Crippen LogP) is 15.5. The standard InChI is InChI=1S/C66H44BN3/c1-5-19-45(20-6-1)49-27-17-29-53(39-49)69-62-41-51(47-23-9-3-10-24-47)35-37-58(62)67-59-38-36-55(68-60-33-15-13-31-56(60)57-32-14-16-34-61(57)68)44-63(59)70(54-30-18-28-50(40-54)46-21-7-2-8-22-46)65-43-52(42-64(69)66(65)67)48-25-11-4-12-26-48/h1-44H/i13D,14D,15D,16D,31D,32D,33D,34D. The number of para-hydroxylation sites is 2. The van der Waals surface area contributed by atoms with Crippen LogP contribution in [0.1, 0.15) is 11.0 Å². The minimum Gasteiger partial charge on any atom is -0.311 e. The maximum absolute atomic E-state index is 9.43. The van der Waals surface area contributed by atoms with Crippen LogP contribution in [-0.4, -0.2) is 11.3 Å². The van der Waals surface area contributed by atoms with Crippen LogP contribution in [0, 0.1) is 0 Å². The third-order valence-corrected chi connectivity index (χ3v) is 14.0. The van der Waals surface area contributed by atoms with Crippen molar-refractivity contribution in [2.75, 3.05) is 9.80 Å². The number of fused-ring (bicyclic) bond motifs is 7. The van der Waals surface area contributed by atoms with Gasteiger partial charge in [0, 0.05) is 50.6 Å². The minimum absolute atomic E-state index is 0.0301. The van der Waals surface area contributed by atoms with Gasteiger partial charge in [0.2, 0.25) is 0 Å². The smallest absolute Gasteiger partial charge is 0.252 e. The minimum atomic E-state index is -0.484. The van der Waals surface area contributed by atoms with Gasteiger partial charge < -0.3 is 14.4 Å². The SMILES string of the molecule is [2H]c1c([2H])c([2H])c2c(c1[2H])c1c([2H])c([2H])c([2H])c([2H])c1n2-c1ccc2c(c1)N(c1cccc(-c3ccccc3)c1)c1cc(-c3ccccc3)cc3c1B2c1ccc(-c2ccccc2)cc1N3c1cccc(-c2ccccc2)c1. The van der Waals surface area contributed by atoms with E-state index in [-0.39, 0.29) is 52.7 Å². The van der Waals surface area contributed by atoms with Crippen molar-refractivity contribution in [3.63, 3.8) is 0 Å². The van der Waals surface area contributed by atoms with E-state index in [0.717, 1.165) is 95.0 Å². The summed E-state index contributed by atoms with van der Waals surface area (Å²) in [6.07, 6.45) is 0. The van der Waals surface area contributed by atoms with Crippen molar-refractivity contribution in [2.24, 2.45) is 0 Å². The zero-order valence-electron chi connectivity index (χ0n) is 45.7. The highest BCUT2D eigenvalue weighted by Crippen LogP contribution is 2.48. The summed E-state index contributed by atoms with van der Waals surface area (Å²) in [6.45, 7) is -0.335. The molecular weight excluding hydrogens is 846 g/mol. The lowest BCUT2D eigenvalue weighted by molar-refractivity contribution is 1.17. The van der Waals surface area contributed by atoms with E-state index in [2.05, 4.69) is 180 Å². The van der Waals surface area contributed by atoms with Crippen LogP contribution in [0.2, 0.25) is 0 Å². The Morgan fingerprint density at radius 2 is 0.700 bits per heavy atom. The van der Waals surface area contributed by atoms with Crippen LogP contribution in [0.3, 0.4) is 0 Å². The number of rotatable bonds is 7. The largest absolute Gasteiger partial charge is 0.311 e. The molecule has 0 N–H and O–H groups in total. The molecule has 4 heteroatoms. The number of hydrogen-bond acceptors (Lipinski definition) is 2. The average molecular weight is 898 g/mol. The third-order valence-electron chi connectivity index (χ3n) is 14.0. The van der Waals surface area contributed by atoms with Gasteiger partial charge in [-0.1, -0.05) is 200 Å². The molecule has 2 aliphatic rings. The van der Waals surface area contributed by atoms with Crippen LogP contribution in [0.15, 0.2) is 267 Å². The van der Waals surface area contributed by atoms with Crippen LogP contribution in [-0.2, 0) is 0 Å². The van der Waals surface area contributed by atoms with E-state index in [0.29, 0.717) is 5.69 Å². The molecule has 3 heterocycles. The van der Waals surface area contributed by atoms with E-state index in [9.17, 15) is 5.48 Å². The average Bonchev–Trinajstić information content (AvgIpc) is 3.64. The molecule has 70 heavy (non-hydrogen) atoms. The molecule has 0 unspecified atom stereocenters. The lowest BCUT2D eigenvalue weighted by atomic mass is 9.33. The van der Waals surface area contributed by atoms with E-state index in [1.807, 2.05) is 48.5 Å². The second-order valence-corrected chi connectivity index (χ2v) is 17.9. The molecule has 0 saturated heterocycles. The van der Waals surface area contributed by atoms with Gasteiger partial charge in [0.25, 0.3) is 6.71 Å². The first-order valence-corrected chi connectivity index (χ1v) is 23.5. The van der Waals surface area contributed by atoms with Gasteiger partial charge in [0.1, 0.15) is 0 Å². The number of anilines is 6. The fourth-order valence-corrected chi connectivity index (χ4v) is 10.9. The molecule has 0 atom stereocenters. The van der Waals surface area contributed by atoms with Crippen LogP contribution < -0.4 is 26.2 Å².